The minimum atomic E-state index is -0.233. The summed E-state index contributed by atoms with van der Waals surface area (Å²) in [6, 6.07) is 5.08. The van der Waals surface area contributed by atoms with Gasteiger partial charge in [-0.2, -0.15) is 0 Å². The first-order valence-electron chi connectivity index (χ1n) is 3.79. The van der Waals surface area contributed by atoms with Crippen LogP contribution in [0.2, 0.25) is 0 Å². The van der Waals surface area contributed by atoms with E-state index in [0.29, 0.717) is 4.47 Å². The zero-order valence-corrected chi connectivity index (χ0v) is 8.44. The molecule has 12 heavy (non-hydrogen) atoms. The van der Waals surface area contributed by atoms with Crippen LogP contribution in [0, 0.1) is 5.82 Å². The zero-order valence-electron chi connectivity index (χ0n) is 6.85. The van der Waals surface area contributed by atoms with Crippen molar-refractivity contribution in [2.75, 3.05) is 0 Å². The second kappa shape index (κ2) is 4.01. The van der Waals surface area contributed by atoms with Gasteiger partial charge in [0.15, 0.2) is 0 Å². The molecule has 0 fully saturated rings. The van der Waals surface area contributed by atoms with Crippen LogP contribution in [0.15, 0.2) is 22.7 Å². The van der Waals surface area contributed by atoms with E-state index in [9.17, 15) is 4.39 Å². The maximum absolute atomic E-state index is 12.8. The van der Waals surface area contributed by atoms with Gasteiger partial charge in [-0.1, -0.05) is 6.07 Å². The molecule has 0 saturated carbocycles. The molecule has 1 aromatic carbocycles. The molecular formula is C9H11BrFN. The molecule has 3 heteroatoms. The van der Waals surface area contributed by atoms with Crippen molar-refractivity contribution in [2.24, 2.45) is 5.73 Å². The van der Waals surface area contributed by atoms with Gasteiger partial charge in [0.1, 0.15) is 5.82 Å². The minimum Gasteiger partial charge on any atom is -0.328 e. The Labute approximate surface area is 79.9 Å². The highest BCUT2D eigenvalue weighted by molar-refractivity contribution is 9.10. The monoisotopic (exact) mass is 231 g/mol. The topological polar surface area (TPSA) is 26.0 Å². The molecule has 1 nitrogen and oxygen atoms in total. The first kappa shape index (κ1) is 9.68. The Morgan fingerprint density at radius 1 is 1.58 bits per heavy atom. The standard InChI is InChI=1S/C9H11BrFN/c1-6(12)4-7-2-3-9(11)8(10)5-7/h2-3,5-6H,4,12H2,1H3/t6-/m1/s1. The summed E-state index contributed by atoms with van der Waals surface area (Å²) in [4.78, 5) is 0. The maximum Gasteiger partial charge on any atom is 0.137 e. The molecule has 0 unspecified atom stereocenters. The predicted molar refractivity (Wildman–Crippen MR) is 51.5 cm³/mol. The fourth-order valence-corrected chi connectivity index (χ4v) is 1.46. The molecule has 0 aromatic heterocycles. The fraction of sp³-hybridized carbons (Fsp3) is 0.333. The SMILES string of the molecule is C[C@@H](N)Cc1ccc(F)c(Br)c1. The van der Waals surface area contributed by atoms with E-state index in [2.05, 4.69) is 15.9 Å². The Balaban J connectivity index is 2.82. The number of nitrogens with two attached hydrogens (primary N) is 1. The second-order valence-electron chi connectivity index (χ2n) is 2.93. The summed E-state index contributed by atoms with van der Waals surface area (Å²) in [5.41, 5.74) is 6.66. The van der Waals surface area contributed by atoms with Gasteiger partial charge >= 0.3 is 0 Å². The third-order valence-corrected chi connectivity index (χ3v) is 2.15. The third-order valence-electron chi connectivity index (χ3n) is 1.54. The lowest BCUT2D eigenvalue weighted by Gasteiger charge is -2.05. The summed E-state index contributed by atoms with van der Waals surface area (Å²) in [7, 11) is 0. The lowest BCUT2D eigenvalue weighted by atomic mass is 10.1. The van der Waals surface area contributed by atoms with Gasteiger partial charge in [-0.3, -0.25) is 0 Å². The molecule has 1 atom stereocenters. The van der Waals surface area contributed by atoms with Crippen LogP contribution in [0.25, 0.3) is 0 Å². The highest BCUT2D eigenvalue weighted by Gasteiger charge is 2.01. The van der Waals surface area contributed by atoms with Crippen LogP contribution in [-0.2, 0) is 6.42 Å². The van der Waals surface area contributed by atoms with E-state index in [1.807, 2.05) is 6.92 Å². The van der Waals surface area contributed by atoms with E-state index in [-0.39, 0.29) is 11.9 Å². The van der Waals surface area contributed by atoms with E-state index in [1.165, 1.54) is 6.07 Å². The van der Waals surface area contributed by atoms with Gasteiger partial charge < -0.3 is 5.73 Å². The van der Waals surface area contributed by atoms with Crippen LogP contribution in [0.5, 0.6) is 0 Å². The van der Waals surface area contributed by atoms with Gasteiger partial charge in [-0.05, 0) is 47.0 Å². The summed E-state index contributed by atoms with van der Waals surface area (Å²) in [6.07, 6.45) is 0.777. The molecule has 66 valence electrons. The molecule has 0 spiro atoms. The quantitative estimate of drug-likeness (QED) is 0.832. The number of halogens is 2. The molecular weight excluding hydrogens is 221 g/mol. The van der Waals surface area contributed by atoms with Gasteiger partial charge in [0.25, 0.3) is 0 Å². The molecule has 0 saturated heterocycles. The Morgan fingerprint density at radius 3 is 2.75 bits per heavy atom. The van der Waals surface area contributed by atoms with E-state index in [4.69, 9.17) is 5.73 Å². The zero-order chi connectivity index (χ0) is 9.14. The molecule has 0 heterocycles. The van der Waals surface area contributed by atoms with Crippen molar-refractivity contribution in [3.63, 3.8) is 0 Å². The van der Waals surface area contributed by atoms with Crippen LogP contribution >= 0.6 is 15.9 Å². The molecule has 0 bridgehead atoms. The normalized spacial score (nSPS) is 13.0. The molecule has 0 aliphatic heterocycles. The Bertz CT molecular complexity index is 273. The van der Waals surface area contributed by atoms with Crippen molar-refractivity contribution in [3.05, 3.63) is 34.1 Å². The molecule has 0 amide bonds. The van der Waals surface area contributed by atoms with Crippen molar-refractivity contribution in [2.45, 2.75) is 19.4 Å². The van der Waals surface area contributed by atoms with Crippen LogP contribution < -0.4 is 5.73 Å². The van der Waals surface area contributed by atoms with Crippen molar-refractivity contribution < 1.29 is 4.39 Å². The maximum atomic E-state index is 12.8. The second-order valence-corrected chi connectivity index (χ2v) is 3.78. The lowest BCUT2D eigenvalue weighted by molar-refractivity contribution is 0.619. The van der Waals surface area contributed by atoms with E-state index >= 15 is 0 Å². The summed E-state index contributed by atoms with van der Waals surface area (Å²) in [5.74, 6) is -0.233. The molecule has 1 aromatic rings. The summed E-state index contributed by atoms with van der Waals surface area (Å²) in [5, 5.41) is 0. The molecule has 0 radical (unpaired) electrons. The first-order valence-corrected chi connectivity index (χ1v) is 4.58. The molecule has 0 aliphatic rings. The van der Waals surface area contributed by atoms with E-state index < -0.39 is 0 Å². The van der Waals surface area contributed by atoms with Gasteiger partial charge in [0.2, 0.25) is 0 Å². The number of hydrogen-bond donors (Lipinski definition) is 1. The van der Waals surface area contributed by atoms with Crippen LogP contribution in [0.1, 0.15) is 12.5 Å². The van der Waals surface area contributed by atoms with Gasteiger partial charge in [-0.15, -0.1) is 0 Å². The van der Waals surface area contributed by atoms with Crippen molar-refractivity contribution in [1.82, 2.24) is 0 Å². The van der Waals surface area contributed by atoms with Crippen molar-refractivity contribution in [3.8, 4) is 0 Å². The van der Waals surface area contributed by atoms with Gasteiger partial charge in [0, 0.05) is 6.04 Å². The highest BCUT2D eigenvalue weighted by Crippen LogP contribution is 2.17. The Morgan fingerprint density at radius 2 is 2.25 bits per heavy atom. The molecule has 2 N–H and O–H groups in total. The van der Waals surface area contributed by atoms with E-state index in [1.54, 1.807) is 12.1 Å². The van der Waals surface area contributed by atoms with Crippen LogP contribution in [0.4, 0.5) is 4.39 Å². The smallest absolute Gasteiger partial charge is 0.137 e. The number of hydrogen-bond acceptors (Lipinski definition) is 1. The largest absolute Gasteiger partial charge is 0.328 e. The lowest BCUT2D eigenvalue weighted by Crippen LogP contribution is -2.17. The summed E-state index contributed by atoms with van der Waals surface area (Å²) < 4.78 is 13.3. The number of rotatable bonds is 2. The highest BCUT2D eigenvalue weighted by atomic mass is 79.9. The summed E-state index contributed by atoms with van der Waals surface area (Å²) in [6.45, 7) is 1.93. The molecule has 1 rings (SSSR count). The van der Waals surface area contributed by atoms with Crippen LogP contribution in [0.3, 0.4) is 0 Å². The first-order chi connectivity index (χ1) is 5.59. The van der Waals surface area contributed by atoms with Crippen LogP contribution in [-0.4, -0.2) is 6.04 Å². The Kier molecular flexibility index (Phi) is 3.23. The van der Waals surface area contributed by atoms with Crippen molar-refractivity contribution in [1.29, 1.82) is 0 Å². The minimum absolute atomic E-state index is 0.113. The van der Waals surface area contributed by atoms with E-state index in [0.717, 1.165) is 12.0 Å². The Hall–Kier alpha value is -0.410. The fourth-order valence-electron chi connectivity index (χ4n) is 1.04. The average molecular weight is 232 g/mol. The summed E-state index contributed by atoms with van der Waals surface area (Å²) >= 11 is 3.12. The predicted octanol–water partition coefficient (Wildman–Crippen LogP) is 2.48. The van der Waals surface area contributed by atoms with Crippen molar-refractivity contribution >= 4 is 15.9 Å². The van der Waals surface area contributed by atoms with Gasteiger partial charge in [-0.25, -0.2) is 4.39 Å². The number of benzene rings is 1. The molecule has 0 aliphatic carbocycles. The average Bonchev–Trinajstić information content (AvgIpc) is 1.96. The third kappa shape index (κ3) is 2.57. The van der Waals surface area contributed by atoms with Gasteiger partial charge in [0.05, 0.1) is 4.47 Å².